The highest BCUT2D eigenvalue weighted by molar-refractivity contribution is 7.80. The molecule has 104 valence electrons. The monoisotopic (exact) mass is 313 g/mol. The van der Waals surface area contributed by atoms with Crippen LogP contribution in [-0.4, -0.2) is 16.3 Å². The molecule has 2 nitrogen and oxygen atoms in total. The van der Waals surface area contributed by atoms with Gasteiger partial charge in [-0.1, -0.05) is 54.7 Å². The van der Waals surface area contributed by atoms with E-state index in [4.69, 9.17) is 23.8 Å². The van der Waals surface area contributed by atoms with E-state index in [1.165, 1.54) is 11.1 Å². The van der Waals surface area contributed by atoms with Gasteiger partial charge in [-0.25, -0.2) is 0 Å². The standard InChI is InChI=1S/C17H12ClNOS/c18-13-8-9-4-1-2-5-10(9)14(13)11-6-3-7-12-15(11)16(20)19-17(12)21/h1-7,13-14H,8H2,(H,19,20,21). The van der Waals surface area contributed by atoms with E-state index in [0.29, 0.717) is 10.6 Å². The quantitative estimate of drug-likeness (QED) is 0.646. The molecule has 2 atom stereocenters. The lowest BCUT2D eigenvalue weighted by Gasteiger charge is -2.18. The Morgan fingerprint density at radius 2 is 1.86 bits per heavy atom. The number of alkyl halides is 1. The summed E-state index contributed by atoms with van der Waals surface area (Å²) in [6.07, 6.45) is 0.831. The highest BCUT2D eigenvalue weighted by atomic mass is 35.5. The molecule has 1 heterocycles. The Balaban J connectivity index is 1.93. The summed E-state index contributed by atoms with van der Waals surface area (Å²) in [7, 11) is 0. The number of amides is 1. The predicted octanol–water partition coefficient (Wildman–Crippen LogP) is 3.40. The summed E-state index contributed by atoms with van der Waals surface area (Å²) in [4.78, 5) is 12.7. The second-order valence-corrected chi connectivity index (χ2v) is 6.42. The van der Waals surface area contributed by atoms with Gasteiger partial charge in [0.2, 0.25) is 0 Å². The third-order valence-electron chi connectivity index (χ3n) is 4.30. The van der Waals surface area contributed by atoms with Gasteiger partial charge in [-0.05, 0) is 23.1 Å². The molecule has 0 aromatic heterocycles. The first-order valence-electron chi connectivity index (χ1n) is 6.87. The largest absolute Gasteiger partial charge is 0.312 e. The Morgan fingerprint density at radius 3 is 2.71 bits per heavy atom. The van der Waals surface area contributed by atoms with E-state index in [-0.39, 0.29) is 17.2 Å². The second-order valence-electron chi connectivity index (χ2n) is 5.45. The van der Waals surface area contributed by atoms with Crippen molar-refractivity contribution in [1.82, 2.24) is 5.32 Å². The molecule has 2 aliphatic rings. The van der Waals surface area contributed by atoms with Crippen molar-refractivity contribution in [3.8, 4) is 0 Å². The molecule has 0 saturated carbocycles. The minimum Gasteiger partial charge on any atom is -0.312 e. The van der Waals surface area contributed by atoms with Crippen LogP contribution in [0.15, 0.2) is 42.5 Å². The average Bonchev–Trinajstić information content (AvgIpc) is 2.96. The number of rotatable bonds is 1. The van der Waals surface area contributed by atoms with Gasteiger partial charge in [0.25, 0.3) is 5.91 Å². The summed E-state index contributed by atoms with van der Waals surface area (Å²) in [5, 5.41) is 2.70. The molecule has 1 aliphatic carbocycles. The van der Waals surface area contributed by atoms with Crippen molar-refractivity contribution in [3.63, 3.8) is 0 Å². The molecule has 0 saturated heterocycles. The van der Waals surface area contributed by atoms with E-state index in [1.54, 1.807) is 0 Å². The van der Waals surface area contributed by atoms with E-state index < -0.39 is 0 Å². The molecule has 2 unspecified atom stereocenters. The summed E-state index contributed by atoms with van der Waals surface area (Å²) in [5.74, 6) is -0.0664. The van der Waals surface area contributed by atoms with Crippen LogP contribution in [0.25, 0.3) is 0 Å². The molecule has 0 radical (unpaired) electrons. The molecule has 4 rings (SSSR count). The molecule has 2 aromatic carbocycles. The van der Waals surface area contributed by atoms with Gasteiger partial charge in [0, 0.05) is 16.9 Å². The fourth-order valence-electron chi connectivity index (χ4n) is 3.41. The van der Waals surface area contributed by atoms with Gasteiger partial charge in [0.1, 0.15) is 4.99 Å². The first-order valence-corrected chi connectivity index (χ1v) is 7.72. The highest BCUT2D eigenvalue weighted by Gasteiger charge is 2.37. The lowest BCUT2D eigenvalue weighted by molar-refractivity contribution is 0.0982. The fraction of sp³-hybridized carbons (Fsp3) is 0.176. The van der Waals surface area contributed by atoms with Crippen LogP contribution in [0, 0.1) is 0 Å². The molecule has 0 fully saturated rings. The zero-order chi connectivity index (χ0) is 14.6. The Kier molecular flexibility index (Phi) is 2.88. The van der Waals surface area contributed by atoms with E-state index in [9.17, 15) is 4.79 Å². The summed E-state index contributed by atoms with van der Waals surface area (Å²) < 4.78 is 0. The molecule has 2 aromatic rings. The normalized spacial score (nSPS) is 22.9. The van der Waals surface area contributed by atoms with Crippen LogP contribution in [-0.2, 0) is 6.42 Å². The van der Waals surface area contributed by atoms with Gasteiger partial charge in [0.15, 0.2) is 0 Å². The third-order valence-corrected chi connectivity index (χ3v) is 5.03. The minimum absolute atomic E-state index is 0.0316. The van der Waals surface area contributed by atoms with Crippen LogP contribution in [0.2, 0.25) is 0 Å². The SMILES string of the molecule is O=C1NC(=S)c2cccc(C3c4ccccc4CC3Cl)c21. The molecule has 1 N–H and O–H groups in total. The Morgan fingerprint density at radius 1 is 1.10 bits per heavy atom. The summed E-state index contributed by atoms with van der Waals surface area (Å²) in [6, 6.07) is 14.1. The Labute approximate surface area is 133 Å². The Bertz CT molecular complexity index is 786. The van der Waals surface area contributed by atoms with Crippen LogP contribution >= 0.6 is 23.8 Å². The topological polar surface area (TPSA) is 29.1 Å². The second kappa shape index (κ2) is 4.65. The first kappa shape index (κ1) is 13.0. The fourth-order valence-corrected chi connectivity index (χ4v) is 4.11. The van der Waals surface area contributed by atoms with Crippen molar-refractivity contribution < 1.29 is 4.79 Å². The first-order chi connectivity index (χ1) is 10.2. The van der Waals surface area contributed by atoms with E-state index in [2.05, 4.69) is 17.4 Å². The lowest BCUT2D eigenvalue weighted by atomic mass is 9.88. The zero-order valence-electron chi connectivity index (χ0n) is 11.1. The number of benzene rings is 2. The van der Waals surface area contributed by atoms with Crippen LogP contribution < -0.4 is 5.32 Å². The maximum absolute atomic E-state index is 12.2. The predicted molar refractivity (Wildman–Crippen MR) is 87.2 cm³/mol. The van der Waals surface area contributed by atoms with E-state index in [1.807, 2.05) is 30.3 Å². The van der Waals surface area contributed by atoms with Crippen LogP contribution in [0.3, 0.4) is 0 Å². The molecule has 0 spiro atoms. The minimum atomic E-state index is -0.112. The van der Waals surface area contributed by atoms with Crippen molar-refractivity contribution in [1.29, 1.82) is 0 Å². The highest BCUT2D eigenvalue weighted by Crippen LogP contribution is 2.43. The molecule has 0 bridgehead atoms. The third kappa shape index (κ3) is 1.84. The average molecular weight is 314 g/mol. The summed E-state index contributed by atoms with van der Waals surface area (Å²) >= 11 is 11.8. The molecule has 21 heavy (non-hydrogen) atoms. The van der Waals surface area contributed by atoms with Gasteiger partial charge in [-0.3, -0.25) is 4.79 Å². The van der Waals surface area contributed by atoms with Gasteiger partial charge in [-0.15, -0.1) is 11.6 Å². The Hall–Kier alpha value is -1.71. The van der Waals surface area contributed by atoms with Crippen molar-refractivity contribution in [2.75, 3.05) is 0 Å². The number of hydrogen-bond donors (Lipinski definition) is 1. The van der Waals surface area contributed by atoms with Crippen LogP contribution in [0.1, 0.15) is 38.5 Å². The molecule has 4 heteroatoms. The van der Waals surface area contributed by atoms with Gasteiger partial charge in [-0.2, -0.15) is 0 Å². The summed E-state index contributed by atoms with van der Waals surface area (Å²) in [5.41, 5.74) is 4.98. The van der Waals surface area contributed by atoms with Crippen molar-refractivity contribution in [2.24, 2.45) is 0 Å². The number of halogens is 1. The number of nitrogens with one attached hydrogen (secondary N) is 1. The van der Waals surface area contributed by atoms with Crippen molar-refractivity contribution in [2.45, 2.75) is 17.7 Å². The molecule has 1 amide bonds. The number of hydrogen-bond acceptors (Lipinski definition) is 2. The van der Waals surface area contributed by atoms with Gasteiger partial charge < -0.3 is 5.32 Å². The number of carbonyl (C=O) groups is 1. The lowest BCUT2D eigenvalue weighted by Crippen LogP contribution is -2.20. The van der Waals surface area contributed by atoms with E-state index in [0.717, 1.165) is 17.5 Å². The maximum atomic E-state index is 12.2. The van der Waals surface area contributed by atoms with Crippen molar-refractivity contribution in [3.05, 3.63) is 70.3 Å². The van der Waals surface area contributed by atoms with Crippen LogP contribution in [0.5, 0.6) is 0 Å². The van der Waals surface area contributed by atoms with E-state index >= 15 is 0 Å². The van der Waals surface area contributed by atoms with Gasteiger partial charge in [0.05, 0.1) is 5.56 Å². The molecule has 1 aliphatic heterocycles. The van der Waals surface area contributed by atoms with Crippen molar-refractivity contribution >= 4 is 34.7 Å². The molecular formula is C17H12ClNOS. The van der Waals surface area contributed by atoms with Crippen LogP contribution in [0.4, 0.5) is 0 Å². The number of carbonyl (C=O) groups excluding carboxylic acids is 1. The smallest absolute Gasteiger partial charge is 0.257 e. The number of thiocarbonyl (C=S) groups is 1. The summed E-state index contributed by atoms with van der Waals surface area (Å²) in [6.45, 7) is 0. The number of fused-ring (bicyclic) bond motifs is 2. The van der Waals surface area contributed by atoms with Gasteiger partial charge >= 0.3 is 0 Å². The maximum Gasteiger partial charge on any atom is 0.257 e. The zero-order valence-corrected chi connectivity index (χ0v) is 12.7. The molecular weight excluding hydrogens is 302 g/mol.